The maximum Gasteiger partial charge on any atom is 0.176 e. The Kier molecular flexibility index (Phi) is 8.98. The number of rotatable bonds is 6. The summed E-state index contributed by atoms with van der Waals surface area (Å²) in [6, 6.07) is 12.7. The van der Waals surface area contributed by atoms with Crippen LogP contribution >= 0.6 is 24.8 Å². The van der Waals surface area contributed by atoms with E-state index in [2.05, 4.69) is 47.1 Å². The smallest absolute Gasteiger partial charge is 0.176 e. The van der Waals surface area contributed by atoms with Gasteiger partial charge >= 0.3 is 0 Å². The Balaban J connectivity index is 0.00000160. The van der Waals surface area contributed by atoms with Crippen LogP contribution in [-0.4, -0.2) is 53.8 Å². The predicted molar refractivity (Wildman–Crippen MR) is 128 cm³/mol. The molecule has 1 saturated heterocycles. The molecule has 1 fully saturated rings. The SMILES string of the molecule is CCN1CCN(c2nc(-c3ccc(CCC(C)O)cc3)cc3ccoc23)CC1.Cl.Cl. The molecule has 1 aliphatic rings. The lowest BCUT2D eigenvalue weighted by Gasteiger charge is -2.34. The molecule has 0 spiro atoms. The van der Waals surface area contributed by atoms with Gasteiger partial charge in [0.15, 0.2) is 11.4 Å². The molecule has 1 aromatic carbocycles. The fourth-order valence-electron chi connectivity index (χ4n) is 3.81. The van der Waals surface area contributed by atoms with Crippen LogP contribution in [0, 0.1) is 0 Å². The summed E-state index contributed by atoms with van der Waals surface area (Å²) in [5.41, 5.74) is 4.20. The number of benzene rings is 1. The number of fused-ring (bicyclic) bond motifs is 1. The van der Waals surface area contributed by atoms with Crippen molar-refractivity contribution in [2.45, 2.75) is 32.8 Å². The number of likely N-dealkylation sites (N-methyl/N-ethyl adjacent to an activating group) is 1. The molecule has 1 aliphatic heterocycles. The molecule has 7 heteroatoms. The van der Waals surface area contributed by atoms with Gasteiger partial charge in [-0.05, 0) is 44.0 Å². The van der Waals surface area contributed by atoms with Crippen LogP contribution < -0.4 is 4.90 Å². The highest BCUT2D eigenvalue weighted by molar-refractivity contribution is 5.90. The fourth-order valence-corrected chi connectivity index (χ4v) is 3.81. The van der Waals surface area contributed by atoms with Crippen molar-refractivity contribution >= 4 is 41.6 Å². The number of pyridine rings is 1. The van der Waals surface area contributed by atoms with Gasteiger partial charge in [-0.15, -0.1) is 24.8 Å². The molecule has 30 heavy (non-hydrogen) atoms. The van der Waals surface area contributed by atoms with Crippen molar-refractivity contribution in [2.75, 3.05) is 37.6 Å². The van der Waals surface area contributed by atoms with Crippen molar-refractivity contribution in [3.63, 3.8) is 0 Å². The average Bonchev–Trinajstić information content (AvgIpc) is 3.21. The summed E-state index contributed by atoms with van der Waals surface area (Å²) in [6.45, 7) is 9.20. The van der Waals surface area contributed by atoms with E-state index in [0.717, 1.165) is 73.6 Å². The lowest BCUT2D eigenvalue weighted by molar-refractivity contribution is 0.185. The number of furan rings is 1. The number of hydrogen-bond acceptors (Lipinski definition) is 5. The van der Waals surface area contributed by atoms with Gasteiger partial charge in [-0.2, -0.15) is 0 Å². The van der Waals surface area contributed by atoms with E-state index in [1.165, 1.54) is 5.56 Å². The van der Waals surface area contributed by atoms with Gasteiger partial charge in [-0.3, -0.25) is 0 Å². The number of piperazine rings is 1. The summed E-state index contributed by atoms with van der Waals surface area (Å²) < 4.78 is 5.78. The van der Waals surface area contributed by atoms with Crippen LogP contribution in [0.25, 0.3) is 22.2 Å². The minimum Gasteiger partial charge on any atom is -0.460 e. The zero-order valence-electron chi connectivity index (χ0n) is 17.6. The number of hydrogen-bond donors (Lipinski definition) is 1. The van der Waals surface area contributed by atoms with E-state index in [9.17, 15) is 5.11 Å². The first-order chi connectivity index (χ1) is 13.6. The van der Waals surface area contributed by atoms with Gasteiger partial charge in [0.05, 0.1) is 18.1 Å². The Morgan fingerprint density at radius 3 is 2.40 bits per heavy atom. The van der Waals surface area contributed by atoms with E-state index < -0.39 is 0 Å². The third-order valence-corrected chi connectivity index (χ3v) is 5.64. The molecule has 4 rings (SSSR count). The van der Waals surface area contributed by atoms with Crippen molar-refractivity contribution in [1.29, 1.82) is 0 Å². The Hall–Kier alpha value is -1.79. The Labute approximate surface area is 190 Å². The van der Waals surface area contributed by atoms with Crippen LogP contribution in [0.2, 0.25) is 0 Å². The van der Waals surface area contributed by atoms with E-state index in [1.807, 2.05) is 13.0 Å². The summed E-state index contributed by atoms with van der Waals surface area (Å²) in [6.07, 6.45) is 3.16. The first kappa shape index (κ1) is 24.5. The fraction of sp³-hybridized carbons (Fsp3) is 0.435. The van der Waals surface area contributed by atoms with Gasteiger partial charge in [-0.25, -0.2) is 4.98 Å². The van der Waals surface area contributed by atoms with Crippen molar-refractivity contribution < 1.29 is 9.52 Å². The van der Waals surface area contributed by atoms with Gasteiger partial charge < -0.3 is 19.3 Å². The minimum absolute atomic E-state index is 0. The standard InChI is InChI=1S/C23H29N3O2.2ClH/c1-3-25-11-13-26(14-12-25)23-22-20(10-15-28-22)16-21(24-23)19-8-6-18(7-9-19)5-4-17(2)27;;/h6-10,15-17,27H,3-5,11-14H2,1-2H3;2*1H. The van der Waals surface area contributed by atoms with Crippen molar-refractivity contribution in [3.05, 3.63) is 48.2 Å². The third kappa shape index (κ3) is 5.46. The number of halogens is 2. The zero-order chi connectivity index (χ0) is 19.5. The second kappa shape index (κ2) is 11.0. The Morgan fingerprint density at radius 1 is 1.07 bits per heavy atom. The molecule has 3 heterocycles. The molecule has 1 unspecified atom stereocenters. The number of anilines is 1. The molecule has 1 N–H and O–H groups in total. The van der Waals surface area contributed by atoms with Crippen LogP contribution in [-0.2, 0) is 6.42 Å². The highest BCUT2D eigenvalue weighted by Crippen LogP contribution is 2.31. The number of aliphatic hydroxyl groups is 1. The zero-order valence-corrected chi connectivity index (χ0v) is 19.2. The molecule has 5 nitrogen and oxygen atoms in total. The lowest BCUT2D eigenvalue weighted by Crippen LogP contribution is -2.46. The topological polar surface area (TPSA) is 52.7 Å². The molecule has 3 aromatic rings. The average molecular weight is 452 g/mol. The second-order valence-electron chi connectivity index (χ2n) is 7.68. The van der Waals surface area contributed by atoms with Gasteiger partial charge in [-0.1, -0.05) is 31.2 Å². The summed E-state index contributed by atoms with van der Waals surface area (Å²) in [5, 5.41) is 10.6. The molecule has 0 bridgehead atoms. The quantitative estimate of drug-likeness (QED) is 0.583. The van der Waals surface area contributed by atoms with Gasteiger partial charge in [0.2, 0.25) is 0 Å². The van der Waals surface area contributed by atoms with E-state index in [-0.39, 0.29) is 30.9 Å². The number of aliphatic hydroxyl groups excluding tert-OH is 1. The monoisotopic (exact) mass is 451 g/mol. The van der Waals surface area contributed by atoms with Crippen LogP contribution in [0.5, 0.6) is 0 Å². The minimum atomic E-state index is -0.263. The van der Waals surface area contributed by atoms with Gasteiger partial charge in [0.1, 0.15) is 0 Å². The van der Waals surface area contributed by atoms with Crippen LogP contribution in [0.15, 0.2) is 47.1 Å². The highest BCUT2D eigenvalue weighted by Gasteiger charge is 2.21. The first-order valence-corrected chi connectivity index (χ1v) is 10.3. The number of aryl methyl sites for hydroxylation is 1. The molecular formula is C23H31Cl2N3O2. The molecule has 2 aromatic heterocycles. The van der Waals surface area contributed by atoms with E-state index in [0.29, 0.717) is 0 Å². The van der Waals surface area contributed by atoms with E-state index in [4.69, 9.17) is 9.40 Å². The van der Waals surface area contributed by atoms with Crippen molar-refractivity contribution in [2.24, 2.45) is 0 Å². The molecule has 0 saturated carbocycles. The van der Waals surface area contributed by atoms with Crippen LogP contribution in [0.4, 0.5) is 5.82 Å². The van der Waals surface area contributed by atoms with E-state index in [1.54, 1.807) is 6.26 Å². The van der Waals surface area contributed by atoms with Crippen LogP contribution in [0.1, 0.15) is 25.8 Å². The van der Waals surface area contributed by atoms with Gasteiger partial charge in [0.25, 0.3) is 0 Å². The maximum absolute atomic E-state index is 9.49. The number of aromatic nitrogens is 1. The Bertz CT molecular complexity index is 920. The number of nitrogens with zero attached hydrogens (tertiary/aromatic N) is 3. The molecule has 1 atom stereocenters. The third-order valence-electron chi connectivity index (χ3n) is 5.64. The largest absolute Gasteiger partial charge is 0.460 e. The van der Waals surface area contributed by atoms with Gasteiger partial charge in [0, 0.05) is 37.1 Å². The molecule has 164 valence electrons. The second-order valence-corrected chi connectivity index (χ2v) is 7.68. The molecular weight excluding hydrogens is 421 g/mol. The summed E-state index contributed by atoms with van der Waals surface area (Å²) in [5.74, 6) is 0.950. The summed E-state index contributed by atoms with van der Waals surface area (Å²) >= 11 is 0. The summed E-state index contributed by atoms with van der Waals surface area (Å²) in [7, 11) is 0. The van der Waals surface area contributed by atoms with E-state index >= 15 is 0 Å². The molecule has 0 amide bonds. The Morgan fingerprint density at radius 2 is 1.77 bits per heavy atom. The predicted octanol–water partition coefficient (Wildman–Crippen LogP) is 4.79. The van der Waals surface area contributed by atoms with Crippen LogP contribution in [0.3, 0.4) is 0 Å². The molecule has 0 radical (unpaired) electrons. The summed E-state index contributed by atoms with van der Waals surface area (Å²) in [4.78, 5) is 9.81. The normalized spacial score (nSPS) is 15.5. The first-order valence-electron chi connectivity index (χ1n) is 10.3. The van der Waals surface area contributed by atoms with Crippen molar-refractivity contribution in [3.8, 4) is 11.3 Å². The van der Waals surface area contributed by atoms with Crippen molar-refractivity contribution in [1.82, 2.24) is 9.88 Å². The molecule has 0 aliphatic carbocycles. The lowest BCUT2D eigenvalue weighted by atomic mass is 10.0. The maximum atomic E-state index is 9.49. The highest BCUT2D eigenvalue weighted by atomic mass is 35.5.